The van der Waals surface area contributed by atoms with Crippen LogP contribution in [0, 0.1) is 0 Å². The second-order valence-electron chi connectivity index (χ2n) is 7.45. The molecule has 5 rings (SSSR count). The van der Waals surface area contributed by atoms with Crippen LogP contribution in [-0.2, 0) is 6.42 Å². The fourth-order valence-electron chi connectivity index (χ4n) is 4.09. The van der Waals surface area contributed by atoms with Gasteiger partial charge in [0.2, 0.25) is 0 Å². The lowest BCUT2D eigenvalue weighted by Gasteiger charge is -2.19. The van der Waals surface area contributed by atoms with Crippen molar-refractivity contribution < 1.29 is 0 Å². The van der Waals surface area contributed by atoms with Crippen LogP contribution >= 0.6 is 0 Å². The van der Waals surface area contributed by atoms with Gasteiger partial charge in [0.1, 0.15) is 0 Å². The smallest absolute Gasteiger partial charge is 0.0811 e. The first-order chi connectivity index (χ1) is 14.8. The number of hydrogen-bond acceptors (Lipinski definition) is 2. The molecule has 4 aromatic carbocycles. The highest BCUT2D eigenvalue weighted by atomic mass is 14.7. The Balaban J connectivity index is 1.88. The molecule has 1 heterocycles. The number of fused-ring (bicyclic) bond motifs is 1. The highest BCUT2D eigenvalue weighted by Gasteiger charge is 2.19. The van der Waals surface area contributed by atoms with E-state index in [4.69, 9.17) is 10.7 Å². The molecule has 0 saturated heterocycles. The van der Waals surface area contributed by atoms with Crippen LogP contribution in [0.15, 0.2) is 109 Å². The first kappa shape index (κ1) is 18.1. The van der Waals surface area contributed by atoms with Crippen molar-refractivity contribution in [2.45, 2.75) is 6.42 Å². The fourth-order valence-corrected chi connectivity index (χ4v) is 4.09. The van der Waals surface area contributed by atoms with Gasteiger partial charge in [-0.25, -0.2) is 4.98 Å². The monoisotopic (exact) mass is 386 g/mol. The number of aromatic nitrogens is 1. The minimum atomic E-state index is 0.739. The number of nitrogens with zero attached hydrogens (tertiary/aromatic N) is 1. The van der Waals surface area contributed by atoms with Gasteiger partial charge >= 0.3 is 0 Å². The zero-order chi connectivity index (χ0) is 20.3. The molecule has 0 fully saturated rings. The SMILES string of the molecule is Nc1ccccc1-c1nc2ccccc2c(Cc2ccccc2)c1-c1ccccc1. The summed E-state index contributed by atoms with van der Waals surface area (Å²) in [7, 11) is 0. The minimum absolute atomic E-state index is 0.739. The first-order valence-electron chi connectivity index (χ1n) is 10.2. The number of benzene rings is 4. The summed E-state index contributed by atoms with van der Waals surface area (Å²) < 4.78 is 0. The number of pyridine rings is 1. The average molecular weight is 386 g/mol. The van der Waals surface area contributed by atoms with Crippen LogP contribution in [0.5, 0.6) is 0 Å². The van der Waals surface area contributed by atoms with E-state index in [-0.39, 0.29) is 0 Å². The van der Waals surface area contributed by atoms with Crippen molar-refractivity contribution in [1.29, 1.82) is 0 Å². The van der Waals surface area contributed by atoms with Crippen LogP contribution in [0.1, 0.15) is 11.1 Å². The van der Waals surface area contributed by atoms with E-state index in [1.165, 1.54) is 16.5 Å². The van der Waals surface area contributed by atoms with E-state index in [2.05, 4.69) is 78.9 Å². The fraction of sp³-hybridized carbons (Fsp3) is 0.0357. The van der Waals surface area contributed by atoms with Crippen LogP contribution in [0.2, 0.25) is 0 Å². The number of anilines is 1. The zero-order valence-corrected chi connectivity index (χ0v) is 16.6. The van der Waals surface area contributed by atoms with Gasteiger partial charge in [0.15, 0.2) is 0 Å². The molecule has 0 aliphatic heterocycles. The summed E-state index contributed by atoms with van der Waals surface area (Å²) in [6.45, 7) is 0. The molecule has 5 aromatic rings. The molecule has 0 unspecified atom stereocenters. The lowest BCUT2D eigenvalue weighted by molar-refractivity contribution is 1.20. The van der Waals surface area contributed by atoms with Gasteiger partial charge in [-0.05, 0) is 35.2 Å². The third kappa shape index (κ3) is 3.33. The lowest BCUT2D eigenvalue weighted by Crippen LogP contribution is -2.01. The first-order valence-corrected chi connectivity index (χ1v) is 10.2. The van der Waals surface area contributed by atoms with Crippen molar-refractivity contribution in [3.63, 3.8) is 0 Å². The maximum Gasteiger partial charge on any atom is 0.0811 e. The van der Waals surface area contributed by atoms with Gasteiger partial charge in [-0.15, -0.1) is 0 Å². The summed E-state index contributed by atoms with van der Waals surface area (Å²) in [4.78, 5) is 5.10. The molecule has 0 spiro atoms. The minimum Gasteiger partial charge on any atom is -0.398 e. The molecule has 0 atom stereocenters. The van der Waals surface area contributed by atoms with E-state index in [1.807, 2.05) is 30.3 Å². The molecule has 0 aliphatic rings. The quantitative estimate of drug-likeness (QED) is 0.347. The predicted octanol–water partition coefficient (Wildman–Crippen LogP) is 6.74. The molecular formula is C28H22N2. The van der Waals surface area contributed by atoms with Gasteiger partial charge < -0.3 is 5.73 Å². The van der Waals surface area contributed by atoms with Crippen molar-refractivity contribution in [2.24, 2.45) is 0 Å². The van der Waals surface area contributed by atoms with Gasteiger partial charge in [-0.1, -0.05) is 97.1 Å². The summed E-state index contributed by atoms with van der Waals surface area (Å²) >= 11 is 0. The molecule has 2 N–H and O–H groups in total. The van der Waals surface area contributed by atoms with Gasteiger partial charge in [0.25, 0.3) is 0 Å². The number of hydrogen-bond donors (Lipinski definition) is 1. The second kappa shape index (κ2) is 7.84. The Labute approximate surface area is 176 Å². The number of nitrogens with two attached hydrogens (primary N) is 1. The Morgan fingerprint density at radius 3 is 2.03 bits per heavy atom. The molecule has 0 saturated carbocycles. The molecule has 144 valence electrons. The van der Waals surface area contributed by atoms with Crippen molar-refractivity contribution in [3.8, 4) is 22.4 Å². The van der Waals surface area contributed by atoms with Gasteiger partial charge in [0, 0.05) is 22.2 Å². The third-order valence-electron chi connectivity index (χ3n) is 5.50. The largest absolute Gasteiger partial charge is 0.398 e. The Hall–Kier alpha value is -3.91. The standard InChI is InChI=1S/C28H22N2/c29-25-17-9-7-16-23(25)28-27(21-13-5-2-6-14-21)24(19-20-11-3-1-4-12-20)22-15-8-10-18-26(22)30-28/h1-18H,19,29H2. The highest BCUT2D eigenvalue weighted by molar-refractivity contribution is 5.97. The highest BCUT2D eigenvalue weighted by Crippen LogP contribution is 2.40. The van der Waals surface area contributed by atoms with Crippen LogP contribution in [0.4, 0.5) is 5.69 Å². The molecule has 0 radical (unpaired) electrons. The Morgan fingerprint density at radius 1 is 0.633 bits per heavy atom. The number of para-hydroxylation sites is 2. The molecule has 0 amide bonds. The number of rotatable bonds is 4. The lowest BCUT2D eigenvalue weighted by atomic mass is 9.88. The Morgan fingerprint density at radius 2 is 1.27 bits per heavy atom. The molecule has 2 heteroatoms. The van der Waals surface area contributed by atoms with Crippen LogP contribution in [-0.4, -0.2) is 4.98 Å². The molecule has 30 heavy (non-hydrogen) atoms. The van der Waals surface area contributed by atoms with Crippen molar-refractivity contribution in [1.82, 2.24) is 4.98 Å². The molecule has 0 aliphatic carbocycles. The summed E-state index contributed by atoms with van der Waals surface area (Å²) in [5.41, 5.74) is 14.9. The topological polar surface area (TPSA) is 38.9 Å². The average Bonchev–Trinajstić information content (AvgIpc) is 2.80. The van der Waals surface area contributed by atoms with E-state index in [0.29, 0.717) is 0 Å². The van der Waals surface area contributed by atoms with Crippen LogP contribution in [0.25, 0.3) is 33.3 Å². The van der Waals surface area contributed by atoms with E-state index < -0.39 is 0 Å². The van der Waals surface area contributed by atoms with Gasteiger partial charge in [-0.2, -0.15) is 0 Å². The zero-order valence-electron chi connectivity index (χ0n) is 16.6. The molecule has 2 nitrogen and oxygen atoms in total. The van der Waals surface area contributed by atoms with Gasteiger partial charge in [-0.3, -0.25) is 0 Å². The normalized spacial score (nSPS) is 10.9. The molecule has 1 aromatic heterocycles. The van der Waals surface area contributed by atoms with Crippen molar-refractivity contribution in [2.75, 3.05) is 5.73 Å². The third-order valence-corrected chi connectivity index (χ3v) is 5.50. The summed E-state index contributed by atoms with van der Waals surface area (Å²) in [6, 6.07) is 37.5. The second-order valence-corrected chi connectivity index (χ2v) is 7.45. The molecule has 0 bridgehead atoms. The van der Waals surface area contributed by atoms with E-state index >= 15 is 0 Å². The summed E-state index contributed by atoms with van der Waals surface area (Å²) in [6.07, 6.45) is 0.827. The Bertz CT molecular complexity index is 1310. The van der Waals surface area contributed by atoms with E-state index in [1.54, 1.807) is 0 Å². The van der Waals surface area contributed by atoms with Crippen molar-refractivity contribution in [3.05, 3.63) is 120 Å². The maximum atomic E-state index is 6.41. The number of nitrogen functional groups attached to an aromatic ring is 1. The van der Waals surface area contributed by atoms with E-state index in [0.717, 1.165) is 40.0 Å². The Kier molecular flexibility index (Phi) is 4.74. The van der Waals surface area contributed by atoms with Crippen LogP contribution in [0.3, 0.4) is 0 Å². The van der Waals surface area contributed by atoms with Crippen molar-refractivity contribution >= 4 is 16.6 Å². The summed E-state index contributed by atoms with van der Waals surface area (Å²) in [5, 5.41) is 1.18. The van der Waals surface area contributed by atoms with Gasteiger partial charge in [0.05, 0.1) is 11.2 Å². The molecular weight excluding hydrogens is 364 g/mol. The van der Waals surface area contributed by atoms with Crippen LogP contribution < -0.4 is 5.73 Å². The summed E-state index contributed by atoms with van der Waals surface area (Å²) in [5.74, 6) is 0. The predicted molar refractivity (Wildman–Crippen MR) is 126 cm³/mol. The van der Waals surface area contributed by atoms with E-state index in [9.17, 15) is 0 Å². The maximum absolute atomic E-state index is 6.41.